The molecule has 130 valence electrons. The average molecular weight is 378 g/mol. The predicted octanol–water partition coefficient (Wildman–Crippen LogP) is 3.71. The van der Waals surface area contributed by atoms with Crippen molar-refractivity contribution in [2.75, 3.05) is 5.32 Å². The molecule has 0 saturated carbocycles. The van der Waals surface area contributed by atoms with Gasteiger partial charge in [-0.1, -0.05) is 42.3 Å². The summed E-state index contributed by atoms with van der Waals surface area (Å²) >= 11 is 11.7. The Bertz CT molecular complexity index is 873. The number of aromatic nitrogens is 4. The maximum Gasteiger partial charge on any atom is 0.229 e. The van der Waals surface area contributed by atoms with Crippen molar-refractivity contribution < 1.29 is 4.79 Å². The first-order chi connectivity index (χ1) is 12.0. The van der Waals surface area contributed by atoms with Crippen molar-refractivity contribution in [2.24, 2.45) is 5.92 Å². The summed E-state index contributed by atoms with van der Waals surface area (Å²) in [7, 11) is 0. The van der Waals surface area contributed by atoms with Crippen molar-refractivity contribution in [3.8, 4) is 0 Å². The van der Waals surface area contributed by atoms with Crippen molar-refractivity contribution in [3.05, 3.63) is 64.7 Å². The molecule has 0 aliphatic heterocycles. The summed E-state index contributed by atoms with van der Waals surface area (Å²) in [5.41, 5.74) is 1.76. The Balaban J connectivity index is 1.61. The molecule has 2 heterocycles. The van der Waals surface area contributed by atoms with Gasteiger partial charge >= 0.3 is 0 Å². The van der Waals surface area contributed by atoms with Crippen molar-refractivity contribution in [3.63, 3.8) is 0 Å². The lowest BCUT2D eigenvalue weighted by Crippen LogP contribution is -2.24. The Labute approximate surface area is 155 Å². The average Bonchev–Trinajstić information content (AvgIpc) is 3.16. The van der Waals surface area contributed by atoms with Crippen molar-refractivity contribution in [2.45, 2.75) is 20.0 Å². The van der Waals surface area contributed by atoms with Crippen molar-refractivity contribution in [1.82, 2.24) is 19.6 Å². The van der Waals surface area contributed by atoms with Gasteiger partial charge in [0, 0.05) is 18.1 Å². The van der Waals surface area contributed by atoms with Crippen LogP contribution in [0.5, 0.6) is 0 Å². The number of rotatable bonds is 6. The van der Waals surface area contributed by atoms with Gasteiger partial charge < -0.3 is 5.32 Å². The molecule has 1 amide bonds. The molecule has 25 heavy (non-hydrogen) atoms. The van der Waals surface area contributed by atoms with Crippen LogP contribution in [0.2, 0.25) is 10.0 Å². The molecule has 3 aromatic rings. The van der Waals surface area contributed by atoms with Crippen LogP contribution < -0.4 is 5.32 Å². The van der Waals surface area contributed by atoms with Crippen LogP contribution in [-0.2, 0) is 17.9 Å². The molecule has 1 N–H and O–H groups in total. The first-order valence-corrected chi connectivity index (χ1v) is 8.51. The molecular weight excluding hydrogens is 361 g/mol. The van der Waals surface area contributed by atoms with E-state index in [1.165, 1.54) is 0 Å². The number of carbonyl (C=O) groups excluding carboxylic acids is 1. The van der Waals surface area contributed by atoms with E-state index in [0.717, 1.165) is 11.3 Å². The largest absolute Gasteiger partial charge is 0.326 e. The van der Waals surface area contributed by atoms with E-state index in [4.69, 9.17) is 23.2 Å². The van der Waals surface area contributed by atoms with E-state index in [1.54, 1.807) is 34.2 Å². The fourth-order valence-electron chi connectivity index (χ4n) is 2.43. The lowest BCUT2D eigenvalue weighted by Gasteiger charge is -2.13. The van der Waals surface area contributed by atoms with Crippen LogP contribution in [0.15, 0.2) is 49.1 Å². The Hall–Kier alpha value is -2.31. The summed E-state index contributed by atoms with van der Waals surface area (Å²) < 4.78 is 3.40. The second-order valence-electron chi connectivity index (χ2n) is 5.83. The highest BCUT2D eigenvalue weighted by molar-refractivity contribution is 6.30. The smallest absolute Gasteiger partial charge is 0.229 e. The number of hydrogen-bond acceptors (Lipinski definition) is 3. The monoisotopic (exact) mass is 377 g/mol. The summed E-state index contributed by atoms with van der Waals surface area (Å²) in [4.78, 5) is 12.4. The zero-order valence-electron chi connectivity index (χ0n) is 13.6. The van der Waals surface area contributed by atoms with Crippen LogP contribution in [0.1, 0.15) is 12.5 Å². The SMILES string of the molecule is CC(Cn1cc(Cl)cn1)C(=O)Nc1cccc(Cn2cc(Cl)cn2)c1. The standard InChI is InChI=1S/C17H17Cl2N5O/c1-12(8-23-10-14(18)6-20-23)17(25)22-16-4-2-3-13(5-16)9-24-11-15(19)7-21-24/h2-7,10-12H,8-9H2,1H3,(H,22,25). The molecule has 0 bridgehead atoms. The number of anilines is 1. The highest BCUT2D eigenvalue weighted by atomic mass is 35.5. The van der Waals surface area contributed by atoms with Gasteiger partial charge in [-0.15, -0.1) is 0 Å². The zero-order chi connectivity index (χ0) is 17.8. The minimum atomic E-state index is -0.246. The molecule has 2 aromatic heterocycles. The minimum absolute atomic E-state index is 0.0779. The second kappa shape index (κ2) is 7.72. The molecule has 0 spiro atoms. The summed E-state index contributed by atoms with van der Waals surface area (Å²) in [6, 6.07) is 7.65. The van der Waals surface area contributed by atoms with Crippen LogP contribution in [0.4, 0.5) is 5.69 Å². The van der Waals surface area contributed by atoms with E-state index in [0.29, 0.717) is 23.1 Å². The fourth-order valence-corrected chi connectivity index (χ4v) is 2.74. The minimum Gasteiger partial charge on any atom is -0.326 e. The van der Waals surface area contributed by atoms with Crippen LogP contribution in [-0.4, -0.2) is 25.5 Å². The zero-order valence-corrected chi connectivity index (χ0v) is 15.1. The van der Waals surface area contributed by atoms with Gasteiger partial charge in [0.1, 0.15) is 0 Å². The fraction of sp³-hybridized carbons (Fsp3) is 0.235. The predicted molar refractivity (Wildman–Crippen MR) is 97.8 cm³/mol. The van der Waals surface area contributed by atoms with Gasteiger partial charge in [0.15, 0.2) is 0 Å². The van der Waals surface area contributed by atoms with E-state index in [2.05, 4.69) is 15.5 Å². The van der Waals surface area contributed by atoms with Crippen LogP contribution in [0, 0.1) is 5.92 Å². The molecule has 8 heteroatoms. The van der Waals surface area contributed by atoms with Gasteiger partial charge in [-0.05, 0) is 17.7 Å². The topological polar surface area (TPSA) is 64.7 Å². The first-order valence-electron chi connectivity index (χ1n) is 7.75. The number of hydrogen-bond donors (Lipinski definition) is 1. The summed E-state index contributed by atoms with van der Waals surface area (Å²) in [6.07, 6.45) is 6.60. The maximum atomic E-state index is 12.4. The normalized spacial score (nSPS) is 12.1. The van der Waals surface area contributed by atoms with Gasteiger partial charge in [0.05, 0.1) is 41.4 Å². The number of nitrogens with zero attached hydrogens (tertiary/aromatic N) is 4. The third-order valence-corrected chi connectivity index (χ3v) is 4.04. The molecule has 0 radical (unpaired) electrons. The van der Waals surface area contributed by atoms with Gasteiger partial charge in [0.2, 0.25) is 5.91 Å². The van der Waals surface area contributed by atoms with E-state index in [9.17, 15) is 4.79 Å². The number of nitrogens with one attached hydrogen (secondary N) is 1. The molecule has 0 fully saturated rings. The molecule has 1 unspecified atom stereocenters. The maximum absolute atomic E-state index is 12.4. The molecule has 0 aliphatic carbocycles. The number of amides is 1. The number of halogens is 2. The Morgan fingerprint density at radius 3 is 2.48 bits per heavy atom. The molecule has 1 aromatic carbocycles. The van der Waals surface area contributed by atoms with Gasteiger partial charge in [-0.2, -0.15) is 10.2 Å². The molecule has 3 rings (SSSR count). The molecule has 6 nitrogen and oxygen atoms in total. The number of benzene rings is 1. The van der Waals surface area contributed by atoms with Crippen molar-refractivity contribution >= 4 is 34.8 Å². The molecule has 0 aliphatic rings. The lowest BCUT2D eigenvalue weighted by molar-refractivity contribution is -0.119. The van der Waals surface area contributed by atoms with Crippen LogP contribution >= 0.6 is 23.2 Å². The molecule has 0 saturated heterocycles. The quantitative estimate of drug-likeness (QED) is 0.711. The first kappa shape index (κ1) is 17.5. The van der Waals surface area contributed by atoms with Gasteiger partial charge in [0.25, 0.3) is 0 Å². The van der Waals surface area contributed by atoms with E-state index >= 15 is 0 Å². The highest BCUT2D eigenvalue weighted by Gasteiger charge is 2.14. The Morgan fingerprint density at radius 2 is 1.84 bits per heavy atom. The molecular formula is C17H17Cl2N5O. The van der Waals surface area contributed by atoms with E-state index < -0.39 is 0 Å². The third kappa shape index (κ3) is 4.84. The summed E-state index contributed by atoms with van der Waals surface area (Å²) in [5.74, 6) is -0.324. The van der Waals surface area contributed by atoms with Gasteiger partial charge in [-0.3, -0.25) is 14.2 Å². The molecule has 1 atom stereocenters. The summed E-state index contributed by atoms with van der Waals surface area (Å²) in [6.45, 7) is 2.89. The van der Waals surface area contributed by atoms with E-state index in [1.807, 2.05) is 31.2 Å². The van der Waals surface area contributed by atoms with Gasteiger partial charge in [-0.25, -0.2) is 0 Å². The second-order valence-corrected chi connectivity index (χ2v) is 6.70. The highest BCUT2D eigenvalue weighted by Crippen LogP contribution is 2.15. The Kier molecular flexibility index (Phi) is 5.40. The summed E-state index contributed by atoms with van der Waals surface area (Å²) in [5, 5.41) is 12.3. The van der Waals surface area contributed by atoms with Crippen LogP contribution in [0.25, 0.3) is 0 Å². The third-order valence-electron chi connectivity index (χ3n) is 3.65. The number of carbonyl (C=O) groups is 1. The van der Waals surface area contributed by atoms with Crippen molar-refractivity contribution in [1.29, 1.82) is 0 Å². The Morgan fingerprint density at radius 1 is 1.16 bits per heavy atom. The van der Waals surface area contributed by atoms with E-state index in [-0.39, 0.29) is 11.8 Å². The van der Waals surface area contributed by atoms with Crippen LogP contribution in [0.3, 0.4) is 0 Å². The lowest BCUT2D eigenvalue weighted by atomic mass is 10.1.